The van der Waals surface area contributed by atoms with Gasteiger partial charge in [0, 0.05) is 37.0 Å². The first kappa shape index (κ1) is 21.7. The predicted molar refractivity (Wildman–Crippen MR) is 103 cm³/mol. The maximum atomic E-state index is 13.5. The van der Waals surface area contributed by atoms with Crippen LogP contribution in [0.15, 0.2) is 36.4 Å². The van der Waals surface area contributed by atoms with E-state index in [4.69, 9.17) is 9.47 Å². The highest BCUT2D eigenvalue weighted by Crippen LogP contribution is 2.42. The standard InChI is InChI=1S/C20H21F3N2O5/c1-29-15-9-13(10-16(12-15)30-2)19(26)5-7-24(8-6-19)18-4-3-14(25(27)28)11-17(18)20(21,22)23/h3-4,9-12,26H,5-8H2,1-2H3. The van der Waals surface area contributed by atoms with E-state index in [0.29, 0.717) is 23.1 Å². The number of nitrogens with zero attached hydrogens (tertiary/aromatic N) is 2. The smallest absolute Gasteiger partial charge is 0.418 e. The number of piperidine rings is 1. The Bertz CT molecular complexity index is 918. The van der Waals surface area contributed by atoms with Crippen LogP contribution in [0, 0.1) is 10.1 Å². The number of benzene rings is 2. The van der Waals surface area contributed by atoms with Gasteiger partial charge in [-0.1, -0.05) is 0 Å². The Morgan fingerprint density at radius 2 is 1.63 bits per heavy atom. The molecule has 0 saturated carbocycles. The normalized spacial score (nSPS) is 16.3. The number of hydrogen-bond donors (Lipinski definition) is 1. The van der Waals surface area contributed by atoms with Gasteiger partial charge in [0.25, 0.3) is 5.69 Å². The van der Waals surface area contributed by atoms with Gasteiger partial charge in [-0.3, -0.25) is 10.1 Å². The second-order valence-electron chi connectivity index (χ2n) is 7.08. The van der Waals surface area contributed by atoms with Crippen LogP contribution >= 0.6 is 0 Å². The molecule has 3 rings (SSSR count). The Morgan fingerprint density at radius 1 is 1.07 bits per heavy atom. The summed E-state index contributed by atoms with van der Waals surface area (Å²) in [7, 11) is 2.97. The third-order valence-electron chi connectivity index (χ3n) is 5.32. The van der Waals surface area contributed by atoms with Crippen LogP contribution in [0.1, 0.15) is 24.0 Å². The summed E-state index contributed by atoms with van der Waals surface area (Å²) in [5.41, 5.74) is -2.54. The summed E-state index contributed by atoms with van der Waals surface area (Å²) < 4.78 is 51.0. The van der Waals surface area contributed by atoms with E-state index >= 15 is 0 Å². The molecule has 0 atom stereocenters. The minimum Gasteiger partial charge on any atom is -0.497 e. The molecule has 2 aromatic rings. The minimum absolute atomic E-state index is 0.136. The molecule has 1 heterocycles. The Balaban J connectivity index is 1.88. The van der Waals surface area contributed by atoms with Gasteiger partial charge in [0.1, 0.15) is 11.5 Å². The van der Waals surface area contributed by atoms with Crippen LogP contribution in [-0.4, -0.2) is 37.3 Å². The van der Waals surface area contributed by atoms with E-state index in [2.05, 4.69) is 0 Å². The molecular weight excluding hydrogens is 405 g/mol. The van der Waals surface area contributed by atoms with Crippen molar-refractivity contribution in [3.8, 4) is 11.5 Å². The number of rotatable bonds is 5. The number of hydrogen-bond acceptors (Lipinski definition) is 6. The van der Waals surface area contributed by atoms with Crippen LogP contribution in [0.3, 0.4) is 0 Å². The van der Waals surface area contributed by atoms with Gasteiger partial charge < -0.3 is 19.5 Å². The topological polar surface area (TPSA) is 85.1 Å². The zero-order valence-corrected chi connectivity index (χ0v) is 16.4. The number of aliphatic hydroxyl groups is 1. The van der Waals surface area contributed by atoms with Crippen molar-refractivity contribution < 1.29 is 32.7 Å². The van der Waals surface area contributed by atoms with Crippen LogP contribution in [0.2, 0.25) is 0 Å². The van der Waals surface area contributed by atoms with Crippen molar-refractivity contribution >= 4 is 11.4 Å². The number of anilines is 1. The number of non-ortho nitro benzene ring substituents is 1. The second kappa shape index (κ2) is 8.02. The summed E-state index contributed by atoms with van der Waals surface area (Å²) in [6.07, 6.45) is -4.41. The molecule has 1 aliphatic rings. The van der Waals surface area contributed by atoms with Gasteiger partial charge in [-0.05, 0) is 36.6 Å². The first-order valence-electron chi connectivity index (χ1n) is 9.14. The molecule has 0 aliphatic carbocycles. The molecule has 10 heteroatoms. The Morgan fingerprint density at radius 3 is 2.10 bits per heavy atom. The van der Waals surface area contributed by atoms with E-state index in [1.807, 2.05) is 0 Å². The largest absolute Gasteiger partial charge is 0.497 e. The highest BCUT2D eigenvalue weighted by molar-refractivity contribution is 5.59. The maximum Gasteiger partial charge on any atom is 0.418 e. The number of methoxy groups -OCH3 is 2. The summed E-state index contributed by atoms with van der Waals surface area (Å²) in [6.45, 7) is 0.272. The molecule has 0 aromatic heterocycles. The predicted octanol–water partition coefficient (Wildman–Crippen LogP) is 4.12. The average molecular weight is 426 g/mol. The van der Waals surface area contributed by atoms with Crippen LogP contribution in [-0.2, 0) is 11.8 Å². The first-order valence-corrected chi connectivity index (χ1v) is 9.14. The van der Waals surface area contributed by atoms with Crippen LogP contribution in [0.4, 0.5) is 24.5 Å². The average Bonchev–Trinajstić information content (AvgIpc) is 2.72. The lowest BCUT2D eigenvalue weighted by molar-refractivity contribution is -0.385. The van der Waals surface area contributed by atoms with Gasteiger partial charge in [0.15, 0.2) is 0 Å². The minimum atomic E-state index is -4.74. The van der Waals surface area contributed by atoms with Gasteiger partial charge in [0.05, 0.1) is 30.3 Å². The number of nitro benzene ring substituents is 1. The lowest BCUT2D eigenvalue weighted by atomic mass is 9.84. The fourth-order valence-corrected chi connectivity index (χ4v) is 3.62. The van der Waals surface area contributed by atoms with Crippen molar-refractivity contribution in [3.05, 3.63) is 57.6 Å². The van der Waals surface area contributed by atoms with Crippen molar-refractivity contribution in [3.63, 3.8) is 0 Å². The first-order chi connectivity index (χ1) is 14.1. The molecule has 162 valence electrons. The van der Waals surface area contributed by atoms with E-state index < -0.39 is 28.0 Å². The summed E-state index contributed by atoms with van der Waals surface area (Å²) in [4.78, 5) is 11.5. The molecule has 1 aliphatic heterocycles. The Hall–Kier alpha value is -3.01. The molecule has 30 heavy (non-hydrogen) atoms. The highest BCUT2D eigenvalue weighted by atomic mass is 19.4. The fourth-order valence-electron chi connectivity index (χ4n) is 3.62. The number of nitro groups is 1. The van der Waals surface area contributed by atoms with Crippen LogP contribution < -0.4 is 14.4 Å². The van der Waals surface area contributed by atoms with Crippen molar-refractivity contribution in [2.45, 2.75) is 24.6 Å². The molecule has 0 bridgehead atoms. The van der Waals surface area contributed by atoms with E-state index in [-0.39, 0.29) is 31.6 Å². The summed E-state index contributed by atoms with van der Waals surface area (Å²) in [5, 5.41) is 22.0. The zero-order valence-electron chi connectivity index (χ0n) is 16.4. The Kier molecular flexibility index (Phi) is 5.80. The van der Waals surface area contributed by atoms with Gasteiger partial charge in [-0.2, -0.15) is 13.2 Å². The van der Waals surface area contributed by atoms with E-state index in [0.717, 1.165) is 12.1 Å². The molecule has 0 spiro atoms. The lowest BCUT2D eigenvalue weighted by Crippen LogP contribution is -2.43. The number of alkyl halides is 3. The monoisotopic (exact) mass is 426 g/mol. The summed E-state index contributed by atoms with van der Waals surface area (Å²) in [5.74, 6) is 0.991. The van der Waals surface area contributed by atoms with Crippen LogP contribution in [0.5, 0.6) is 11.5 Å². The fraction of sp³-hybridized carbons (Fsp3) is 0.400. The molecule has 7 nitrogen and oxygen atoms in total. The molecule has 2 aromatic carbocycles. The molecule has 1 N–H and O–H groups in total. The van der Waals surface area contributed by atoms with Crippen molar-refractivity contribution in [1.82, 2.24) is 0 Å². The molecule has 0 amide bonds. The maximum absolute atomic E-state index is 13.5. The Labute approximate surface area is 170 Å². The van der Waals surface area contributed by atoms with Crippen molar-refractivity contribution in [1.29, 1.82) is 0 Å². The van der Waals surface area contributed by atoms with Crippen molar-refractivity contribution in [2.24, 2.45) is 0 Å². The van der Waals surface area contributed by atoms with Crippen molar-refractivity contribution in [2.75, 3.05) is 32.2 Å². The molecule has 0 radical (unpaired) electrons. The lowest BCUT2D eigenvalue weighted by Gasteiger charge is -2.40. The summed E-state index contributed by atoms with van der Waals surface area (Å²) in [6, 6.07) is 7.71. The third-order valence-corrected chi connectivity index (χ3v) is 5.32. The van der Waals surface area contributed by atoms with E-state index in [1.54, 1.807) is 18.2 Å². The van der Waals surface area contributed by atoms with Gasteiger partial charge >= 0.3 is 6.18 Å². The number of halogens is 3. The quantitative estimate of drug-likeness (QED) is 0.572. The zero-order chi connectivity index (χ0) is 22.1. The molecule has 1 saturated heterocycles. The van der Waals surface area contributed by atoms with Gasteiger partial charge in [0.2, 0.25) is 0 Å². The number of ether oxygens (including phenoxy) is 2. The second-order valence-corrected chi connectivity index (χ2v) is 7.08. The van der Waals surface area contributed by atoms with Crippen LogP contribution in [0.25, 0.3) is 0 Å². The molecule has 0 unspecified atom stereocenters. The third kappa shape index (κ3) is 4.28. The van der Waals surface area contributed by atoms with E-state index in [1.165, 1.54) is 19.1 Å². The van der Waals surface area contributed by atoms with Gasteiger partial charge in [-0.25, -0.2) is 0 Å². The van der Waals surface area contributed by atoms with Gasteiger partial charge in [-0.15, -0.1) is 0 Å². The van der Waals surface area contributed by atoms with E-state index in [9.17, 15) is 28.4 Å². The highest BCUT2D eigenvalue weighted by Gasteiger charge is 2.40. The summed E-state index contributed by atoms with van der Waals surface area (Å²) >= 11 is 0. The SMILES string of the molecule is COc1cc(OC)cc(C2(O)CCN(c3ccc([N+](=O)[O-])cc3C(F)(F)F)CC2)c1. The molecular formula is C20H21F3N2O5. The molecule has 1 fully saturated rings.